The third kappa shape index (κ3) is 4.67. The fourth-order valence-electron chi connectivity index (χ4n) is 1.49. The lowest BCUT2D eigenvalue weighted by molar-refractivity contribution is -0.130. The van der Waals surface area contributed by atoms with Crippen molar-refractivity contribution in [1.29, 1.82) is 0 Å². The zero-order valence-corrected chi connectivity index (χ0v) is 10.3. The molecule has 0 bridgehead atoms. The molecule has 0 aliphatic heterocycles. The smallest absolute Gasteiger partial charge is 0.237 e. The summed E-state index contributed by atoms with van der Waals surface area (Å²) < 4.78 is 0. The van der Waals surface area contributed by atoms with E-state index in [1.807, 2.05) is 0 Å². The minimum absolute atomic E-state index is 0.130. The topological polar surface area (TPSA) is 32.3 Å². The Morgan fingerprint density at radius 3 is 2.81 bits per heavy atom. The lowest BCUT2D eigenvalue weighted by Gasteiger charge is -2.21. The molecule has 0 aromatic rings. The van der Waals surface area contributed by atoms with E-state index in [1.54, 1.807) is 4.90 Å². The van der Waals surface area contributed by atoms with Crippen molar-refractivity contribution in [2.45, 2.75) is 39.2 Å². The van der Waals surface area contributed by atoms with Gasteiger partial charge in [-0.05, 0) is 32.1 Å². The molecule has 1 N–H and O–H groups in total. The van der Waals surface area contributed by atoms with Gasteiger partial charge in [0.05, 0.1) is 13.1 Å². The molecule has 1 amide bonds. The Morgan fingerprint density at radius 1 is 1.62 bits per heavy atom. The summed E-state index contributed by atoms with van der Waals surface area (Å²) in [6.45, 7) is 5.87. The van der Waals surface area contributed by atoms with Gasteiger partial charge in [0.1, 0.15) is 0 Å². The molecule has 0 heterocycles. The Bertz CT molecular complexity index is 266. The van der Waals surface area contributed by atoms with Crippen molar-refractivity contribution in [3.05, 3.63) is 0 Å². The first kappa shape index (κ1) is 13.1. The molecule has 0 aromatic heterocycles. The van der Waals surface area contributed by atoms with Crippen LogP contribution in [0.3, 0.4) is 0 Å². The maximum absolute atomic E-state index is 11.9. The molecule has 0 saturated heterocycles. The molecule has 3 heteroatoms. The monoisotopic (exact) mass is 222 g/mol. The molecular weight excluding hydrogens is 200 g/mol. The fraction of sp³-hybridized carbons (Fsp3) is 0.769. The van der Waals surface area contributed by atoms with Crippen LogP contribution < -0.4 is 5.32 Å². The molecule has 0 radical (unpaired) electrons. The van der Waals surface area contributed by atoms with Crippen LogP contribution in [-0.2, 0) is 4.79 Å². The third-order valence-electron chi connectivity index (χ3n) is 3.02. The van der Waals surface area contributed by atoms with Gasteiger partial charge in [-0.25, -0.2) is 0 Å². The zero-order valence-electron chi connectivity index (χ0n) is 10.3. The van der Waals surface area contributed by atoms with Gasteiger partial charge >= 0.3 is 0 Å². The Kier molecular flexibility index (Phi) is 5.34. The Hall–Kier alpha value is -1.01. The number of terminal acetylenes is 1. The van der Waals surface area contributed by atoms with E-state index in [0.717, 1.165) is 13.0 Å². The summed E-state index contributed by atoms with van der Waals surface area (Å²) in [6.07, 6.45) is 8.80. The van der Waals surface area contributed by atoms with Crippen LogP contribution in [0.5, 0.6) is 0 Å². The van der Waals surface area contributed by atoms with E-state index in [0.29, 0.717) is 25.0 Å². The summed E-state index contributed by atoms with van der Waals surface area (Å²) >= 11 is 0. The molecule has 16 heavy (non-hydrogen) atoms. The molecular formula is C13H22N2O. The number of hydrogen-bond donors (Lipinski definition) is 1. The largest absolute Gasteiger partial charge is 0.330 e. The molecule has 1 atom stereocenters. The number of rotatable bonds is 7. The number of carbonyl (C=O) groups is 1. The van der Waals surface area contributed by atoms with Gasteiger partial charge in [-0.2, -0.15) is 0 Å². The van der Waals surface area contributed by atoms with Gasteiger partial charge in [-0.15, -0.1) is 6.42 Å². The van der Waals surface area contributed by atoms with Crippen molar-refractivity contribution in [3.8, 4) is 12.3 Å². The molecule has 1 saturated carbocycles. The first-order chi connectivity index (χ1) is 7.67. The quantitative estimate of drug-likeness (QED) is 0.657. The SMILES string of the molecule is C#CCN(CC1CC1)C(=O)CNC(C)CC. The lowest BCUT2D eigenvalue weighted by atomic mass is 10.2. The lowest BCUT2D eigenvalue weighted by Crippen LogP contribution is -2.41. The molecule has 3 nitrogen and oxygen atoms in total. The highest BCUT2D eigenvalue weighted by atomic mass is 16.2. The van der Waals surface area contributed by atoms with E-state index in [-0.39, 0.29) is 5.91 Å². The molecule has 1 unspecified atom stereocenters. The summed E-state index contributed by atoms with van der Waals surface area (Å²) in [7, 11) is 0. The van der Waals surface area contributed by atoms with Crippen LogP contribution in [0.15, 0.2) is 0 Å². The van der Waals surface area contributed by atoms with E-state index in [9.17, 15) is 4.79 Å². The van der Waals surface area contributed by atoms with Crippen molar-refractivity contribution in [3.63, 3.8) is 0 Å². The van der Waals surface area contributed by atoms with Gasteiger partial charge in [0.15, 0.2) is 0 Å². The van der Waals surface area contributed by atoms with Crippen LogP contribution in [0.2, 0.25) is 0 Å². The highest BCUT2D eigenvalue weighted by Gasteiger charge is 2.26. The van der Waals surface area contributed by atoms with Crippen molar-refractivity contribution < 1.29 is 4.79 Å². The van der Waals surface area contributed by atoms with Gasteiger partial charge in [-0.1, -0.05) is 12.8 Å². The molecule has 1 aliphatic rings. The standard InChI is InChI=1S/C13H22N2O/c1-4-8-15(10-12-6-7-12)13(16)9-14-11(3)5-2/h1,11-12,14H,5-10H2,2-3H3. The second-order valence-corrected chi connectivity index (χ2v) is 4.61. The van der Waals surface area contributed by atoms with E-state index >= 15 is 0 Å². The first-order valence-electron chi connectivity index (χ1n) is 6.12. The molecule has 0 aromatic carbocycles. The molecule has 1 fully saturated rings. The van der Waals surface area contributed by atoms with Crippen molar-refractivity contribution in [1.82, 2.24) is 10.2 Å². The van der Waals surface area contributed by atoms with Gasteiger partial charge in [0.25, 0.3) is 0 Å². The first-order valence-corrected chi connectivity index (χ1v) is 6.12. The second kappa shape index (κ2) is 6.55. The van der Waals surface area contributed by atoms with E-state index in [1.165, 1.54) is 12.8 Å². The molecule has 1 aliphatic carbocycles. The van der Waals surface area contributed by atoms with Crippen molar-refractivity contribution in [2.75, 3.05) is 19.6 Å². The van der Waals surface area contributed by atoms with Crippen LogP contribution in [0.1, 0.15) is 33.1 Å². The Morgan fingerprint density at radius 2 is 2.31 bits per heavy atom. The number of amides is 1. The molecule has 0 spiro atoms. The van der Waals surface area contributed by atoms with Crippen LogP contribution in [-0.4, -0.2) is 36.5 Å². The predicted molar refractivity (Wildman–Crippen MR) is 65.9 cm³/mol. The van der Waals surface area contributed by atoms with Crippen LogP contribution in [0.25, 0.3) is 0 Å². The minimum Gasteiger partial charge on any atom is -0.330 e. The van der Waals surface area contributed by atoms with Crippen molar-refractivity contribution >= 4 is 5.91 Å². The summed E-state index contributed by atoms with van der Waals surface area (Å²) in [5.74, 6) is 3.39. The van der Waals surface area contributed by atoms with Gasteiger partial charge in [0, 0.05) is 12.6 Å². The third-order valence-corrected chi connectivity index (χ3v) is 3.02. The molecule has 90 valence electrons. The summed E-state index contributed by atoms with van der Waals surface area (Å²) in [6, 6.07) is 0.387. The maximum atomic E-state index is 11.9. The van der Waals surface area contributed by atoms with E-state index in [4.69, 9.17) is 6.42 Å². The van der Waals surface area contributed by atoms with Gasteiger partial charge in [0.2, 0.25) is 5.91 Å². The van der Waals surface area contributed by atoms with Crippen LogP contribution in [0, 0.1) is 18.3 Å². The average molecular weight is 222 g/mol. The minimum atomic E-state index is 0.130. The number of carbonyl (C=O) groups excluding carboxylic acids is 1. The summed E-state index contributed by atoms with van der Waals surface area (Å²) in [5.41, 5.74) is 0. The number of nitrogens with zero attached hydrogens (tertiary/aromatic N) is 1. The second-order valence-electron chi connectivity index (χ2n) is 4.61. The van der Waals surface area contributed by atoms with Crippen LogP contribution in [0.4, 0.5) is 0 Å². The highest BCUT2D eigenvalue weighted by molar-refractivity contribution is 5.78. The summed E-state index contributed by atoms with van der Waals surface area (Å²) in [4.78, 5) is 13.7. The molecule has 1 rings (SSSR count). The normalized spacial score (nSPS) is 16.6. The van der Waals surface area contributed by atoms with Crippen LogP contribution >= 0.6 is 0 Å². The van der Waals surface area contributed by atoms with Gasteiger partial charge < -0.3 is 10.2 Å². The fourth-order valence-corrected chi connectivity index (χ4v) is 1.49. The Balaban J connectivity index is 2.31. The predicted octanol–water partition coefficient (Wildman–Crippen LogP) is 1.25. The maximum Gasteiger partial charge on any atom is 0.237 e. The average Bonchev–Trinajstić information content (AvgIpc) is 3.08. The zero-order chi connectivity index (χ0) is 12.0. The van der Waals surface area contributed by atoms with Crippen molar-refractivity contribution in [2.24, 2.45) is 5.92 Å². The summed E-state index contributed by atoms with van der Waals surface area (Å²) in [5, 5.41) is 3.20. The van der Waals surface area contributed by atoms with E-state index in [2.05, 4.69) is 25.1 Å². The highest BCUT2D eigenvalue weighted by Crippen LogP contribution is 2.29. The van der Waals surface area contributed by atoms with Gasteiger partial charge in [-0.3, -0.25) is 4.79 Å². The number of nitrogens with one attached hydrogen (secondary N) is 1. The van der Waals surface area contributed by atoms with E-state index < -0.39 is 0 Å². The Labute approximate surface area is 98.6 Å². The number of hydrogen-bond acceptors (Lipinski definition) is 2.